The Kier molecular flexibility index (Phi) is 4.42. The van der Waals surface area contributed by atoms with Crippen LogP contribution in [0.4, 0.5) is 18.9 Å². The van der Waals surface area contributed by atoms with E-state index >= 15 is 0 Å². The summed E-state index contributed by atoms with van der Waals surface area (Å²) in [6.07, 6.45) is 0. The van der Waals surface area contributed by atoms with Crippen molar-refractivity contribution in [2.75, 3.05) is 12.8 Å². The van der Waals surface area contributed by atoms with E-state index in [9.17, 15) is 18.0 Å². The lowest BCUT2D eigenvalue weighted by molar-refractivity contribution is 0.0601. The van der Waals surface area contributed by atoms with Gasteiger partial charge in [-0.15, -0.1) is 0 Å². The molecule has 2 aromatic carbocycles. The van der Waals surface area contributed by atoms with Gasteiger partial charge < -0.3 is 10.5 Å². The maximum absolute atomic E-state index is 13.8. The molecule has 2 rings (SSSR count). The molecule has 0 atom stereocenters. The molecule has 0 aliphatic carbocycles. The van der Waals surface area contributed by atoms with E-state index in [-0.39, 0.29) is 21.0 Å². The molecule has 0 amide bonds. The summed E-state index contributed by atoms with van der Waals surface area (Å²) in [5, 5.41) is 0. The van der Waals surface area contributed by atoms with E-state index in [0.717, 1.165) is 37.4 Å². The average molecular weight is 313 g/mol. The minimum atomic E-state index is -0.742. The summed E-state index contributed by atoms with van der Waals surface area (Å²) in [5.41, 5.74) is 5.39. The zero-order chi connectivity index (χ0) is 15.6. The van der Waals surface area contributed by atoms with Crippen LogP contribution in [0.25, 0.3) is 0 Å². The van der Waals surface area contributed by atoms with Crippen LogP contribution in [0.1, 0.15) is 10.4 Å². The van der Waals surface area contributed by atoms with Gasteiger partial charge in [0.25, 0.3) is 0 Å². The number of benzene rings is 2. The van der Waals surface area contributed by atoms with Crippen molar-refractivity contribution in [3.8, 4) is 0 Å². The molecular formula is C14H10F3NO2S. The highest BCUT2D eigenvalue weighted by Crippen LogP contribution is 2.34. The van der Waals surface area contributed by atoms with Crippen LogP contribution >= 0.6 is 11.8 Å². The van der Waals surface area contributed by atoms with Crippen molar-refractivity contribution in [2.45, 2.75) is 9.79 Å². The van der Waals surface area contributed by atoms with Crippen LogP contribution < -0.4 is 5.73 Å². The third-order valence-corrected chi connectivity index (χ3v) is 3.69. The van der Waals surface area contributed by atoms with E-state index in [1.165, 1.54) is 0 Å². The number of ether oxygens (including phenoxy) is 1. The third kappa shape index (κ3) is 3.30. The van der Waals surface area contributed by atoms with Crippen molar-refractivity contribution in [2.24, 2.45) is 0 Å². The van der Waals surface area contributed by atoms with Gasteiger partial charge in [0.1, 0.15) is 17.5 Å². The van der Waals surface area contributed by atoms with Crippen LogP contribution in [0, 0.1) is 17.5 Å². The summed E-state index contributed by atoms with van der Waals surface area (Å²) in [4.78, 5) is 11.3. The quantitative estimate of drug-likeness (QED) is 0.694. The smallest absolute Gasteiger partial charge is 0.339 e. The molecule has 0 aromatic heterocycles. The summed E-state index contributed by atoms with van der Waals surface area (Å²) in [6, 6.07) is 4.91. The van der Waals surface area contributed by atoms with Gasteiger partial charge in [0, 0.05) is 10.6 Å². The summed E-state index contributed by atoms with van der Waals surface area (Å²) in [6.45, 7) is 0. The second-order valence-corrected chi connectivity index (χ2v) is 5.12. The topological polar surface area (TPSA) is 52.3 Å². The van der Waals surface area contributed by atoms with Crippen LogP contribution in [0.2, 0.25) is 0 Å². The first-order valence-electron chi connectivity index (χ1n) is 5.72. The fourth-order valence-corrected chi connectivity index (χ4v) is 2.51. The second-order valence-electron chi connectivity index (χ2n) is 4.04. The highest BCUT2D eigenvalue weighted by molar-refractivity contribution is 7.99. The Morgan fingerprint density at radius 1 is 1.10 bits per heavy atom. The number of methoxy groups -OCH3 is 1. The van der Waals surface area contributed by atoms with Gasteiger partial charge in [-0.2, -0.15) is 0 Å². The Hall–Kier alpha value is -2.15. The SMILES string of the molecule is COC(=O)c1cc(Sc2cc(F)ccc2F)c(F)cc1N. The fourth-order valence-electron chi connectivity index (χ4n) is 1.61. The number of halogens is 3. The van der Waals surface area contributed by atoms with Gasteiger partial charge in [0.05, 0.1) is 17.6 Å². The number of carbonyl (C=O) groups excluding carboxylic acids is 1. The van der Waals surface area contributed by atoms with Gasteiger partial charge in [0.2, 0.25) is 0 Å². The van der Waals surface area contributed by atoms with Crippen LogP contribution in [0.15, 0.2) is 40.1 Å². The molecule has 2 aromatic rings. The van der Waals surface area contributed by atoms with E-state index in [1.807, 2.05) is 0 Å². The van der Waals surface area contributed by atoms with Crippen LogP contribution in [0.3, 0.4) is 0 Å². The number of hydrogen-bond acceptors (Lipinski definition) is 4. The number of nitrogens with two attached hydrogens (primary N) is 1. The number of nitrogen functional groups attached to an aromatic ring is 1. The molecule has 7 heteroatoms. The fraction of sp³-hybridized carbons (Fsp3) is 0.0714. The molecule has 0 saturated heterocycles. The third-order valence-electron chi connectivity index (χ3n) is 2.62. The molecule has 0 radical (unpaired) electrons. The molecule has 0 unspecified atom stereocenters. The summed E-state index contributed by atoms with van der Waals surface area (Å²) >= 11 is 0.652. The molecule has 0 bridgehead atoms. The monoisotopic (exact) mass is 313 g/mol. The lowest BCUT2D eigenvalue weighted by atomic mass is 10.2. The molecule has 0 aliphatic rings. The first kappa shape index (κ1) is 15.2. The van der Waals surface area contributed by atoms with E-state index < -0.39 is 23.4 Å². The van der Waals surface area contributed by atoms with E-state index in [4.69, 9.17) is 5.73 Å². The zero-order valence-corrected chi connectivity index (χ0v) is 11.6. The molecule has 3 nitrogen and oxygen atoms in total. The van der Waals surface area contributed by atoms with Crippen molar-refractivity contribution < 1.29 is 22.7 Å². The van der Waals surface area contributed by atoms with Gasteiger partial charge in [-0.25, -0.2) is 18.0 Å². The van der Waals surface area contributed by atoms with Crippen LogP contribution in [-0.2, 0) is 4.74 Å². The Labute approximate surface area is 122 Å². The molecule has 0 spiro atoms. The molecule has 110 valence electrons. The largest absolute Gasteiger partial charge is 0.465 e. The van der Waals surface area contributed by atoms with Crippen LogP contribution in [-0.4, -0.2) is 13.1 Å². The first-order valence-corrected chi connectivity index (χ1v) is 6.54. The van der Waals surface area contributed by atoms with Crippen LogP contribution in [0.5, 0.6) is 0 Å². The predicted molar refractivity (Wildman–Crippen MR) is 72.6 cm³/mol. The van der Waals surface area contributed by atoms with Gasteiger partial charge in [-0.3, -0.25) is 0 Å². The highest BCUT2D eigenvalue weighted by Gasteiger charge is 2.16. The number of rotatable bonds is 3. The minimum absolute atomic E-state index is 0.0433. The summed E-state index contributed by atoms with van der Waals surface area (Å²) < 4.78 is 45.0. The summed E-state index contributed by atoms with van der Waals surface area (Å²) in [5.74, 6) is -2.83. The van der Waals surface area contributed by atoms with Crippen molar-refractivity contribution in [3.63, 3.8) is 0 Å². The Balaban J connectivity index is 2.44. The molecule has 21 heavy (non-hydrogen) atoms. The van der Waals surface area contributed by atoms with Gasteiger partial charge >= 0.3 is 5.97 Å². The summed E-state index contributed by atoms with van der Waals surface area (Å²) in [7, 11) is 1.16. The van der Waals surface area contributed by atoms with E-state index in [1.54, 1.807) is 0 Å². The van der Waals surface area contributed by atoms with Crippen molar-refractivity contribution in [1.82, 2.24) is 0 Å². The zero-order valence-electron chi connectivity index (χ0n) is 10.8. The molecule has 0 heterocycles. The number of esters is 1. The minimum Gasteiger partial charge on any atom is -0.465 e. The maximum atomic E-state index is 13.8. The van der Waals surface area contributed by atoms with Crippen molar-refractivity contribution >= 4 is 23.4 Å². The van der Waals surface area contributed by atoms with Crippen molar-refractivity contribution in [1.29, 1.82) is 0 Å². The molecule has 2 N–H and O–H groups in total. The first-order chi connectivity index (χ1) is 9.92. The van der Waals surface area contributed by atoms with E-state index in [2.05, 4.69) is 4.74 Å². The standard InChI is InChI=1S/C14H10F3NO2S/c1-20-14(19)8-5-13(10(17)6-11(8)18)21-12-4-7(15)2-3-9(12)16/h2-6H,18H2,1H3. The normalized spacial score (nSPS) is 10.5. The lowest BCUT2D eigenvalue weighted by Crippen LogP contribution is -2.06. The molecular weight excluding hydrogens is 303 g/mol. The number of anilines is 1. The number of carbonyl (C=O) groups is 1. The number of hydrogen-bond donors (Lipinski definition) is 1. The lowest BCUT2D eigenvalue weighted by Gasteiger charge is -2.09. The highest BCUT2D eigenvalue weighted by atomic mass is 32.2. The molecule has 0 fully saturated rings. The van der Waals surface area contributed by atoms with Gasteiger partial charge in [0.15, 0.2) is 0 Å². The Morgan fingerprint density at radius 3 is 2.43 bits per heavy atom. The van der Waals surface area contributed by atoms with Crippen molar-refractivity contribution in [3.05, 3.63) is 53.3 Å². The van der Waals surface area contributed by atoms with E-state index in [0.29, 0.717) is 11.8 Å². The molecule has 0 saturated carbocycles. The second kappa shape index (κ2) is 6.09. The Bertz CT molecular complexity index is 707. The maximum Gasteiger partial charge on any atom is 0.339 e. The Morgan fingerprint density at radius 2 is 1.76 bits per heavy atom. The van der Waals surface area contributed by atoms with Gasteiger partial charge in [-0.1, -0.05) is 11.8 Å². The molecule has 0 aliphatic heterocycles. The van der Waals surface area contributed by atoms with Gasteiger partial charge in [-0.05, 0) is 30.3 Å². The predicted octanol–water partition coefficient (Wildman–Crippen LogP) is 3.62. The average Bonchev–Trinajstić information content (AvgIpc) is 2.44.